The molecule has 0 fully saturated rings. The van der Waals surface area contributed by atoms with Gasteiger partial charge in [0.1, 0.15) is 11.6 Å². The third-order valence-electron chi connectivity index (χ3n) is 2.73. The van der Waals surface area contributed by atoms with Gasteiger partial charge in [-0.2, -0.15) is 0 Å². The van der Waals surface area contributed by atoms with Crippen molar-refractivity contribution in [3.05, 3.63) is 59.7 Å². The Kier molecular flexibility index (Phi) is 3.97. The van der Waals surface area contributed by atoms with Gasteiger partial charge in [0.05, 0.1) is 11.8 Å². The largest absolute Gasteiger partial charge is 0.396 e. The normalized spacial score (nSPS) is 12.2. The summed E-state index contributed by atoms with van der Waals surface area (Å²) in [5.74, 6) is -0.875. The number of rotatable bonds is 4. The molecule has 2 aromatic rings. The molecule has 4 N–H and O–H groups in total. The molecular weight excluding hydrogens is 250 g/mol. The minimum absolute atomic E-state index is 0.0118. The van der Waals surface area contributed by atoms with Gasteiger partial charge in [-0.3, -0.25) is 0 Å². The van der Waals surface area contributed by atoms with Crippen LogP contribution >= 0.6 is 0 Å². The van der Waals surface area contributed by atoms with E-state index >= 15 is 0 Å². The Labute approximate surface area is 109 Å². The highest BCUT2D eigenvalue weighted by atomic mass is 19.1. The Bertz CT molecular complexity index is 575. The lowest BCUT2D eigenvalue weighted by Crippen LogP contribution is -2.12. The van der Waals surface area contributed by atoms with Gasteiger partial charge in [0.25, 0.3) is 0 Å². The minimum atomic E-state index is -0.855. The highest BCUT2D eigenvalue weighted by Gasteiger charge is 2.09. The van der Waals surface area contributed by atoms with Gasteiger partial charge in [-0.1, -0.05) is 12.1 Å². The van der Waals surface area contributed by atoms with Crippen molar-refractivity contribution in [2.75, 3.05) is 17.6 Å². The summed E-state index contributed by atoms with van der Waals surface area (Å²) in [5, 5.41) is 12.8. The molecular formula is C14H14F2N2O. The molecule has 2 aromatic carbocycles. The van der Waals surface area contributed by atoms with E-state index < -0.39 is 11.9 Å². The van der Waals surface area contributed by atoms with E-state index in [0.717, 1.165) is 0 Å². The molecule has 0 spiro atoms. The van der Waals surface area contributed by atoms with E-state index in [-0.39, 0.29) is 18.0 Å². The maximum Gasteiger partial charge on any atom is 0.146 e. The molecule has 5 heteroatoms. The van der Waals surface area contributed by atoms with E-state index in [1.54, 1.807) is 12.1 Å². The van der Waals surface area contributed by atoms with Crippen LogP contribution in [0.2, 0.25) is 0 Å². The van der Waals surface area contributed by atoms with Gasteiger partial charge in [0.2, 0.25) is 0 Å². The Morgan fingerprint density at radius 1 is 1.16 bits per heavy atom. The zero-order chi connectivity index (χ0) is 13.8. The van der Waals surface area contributed by atoms with Gasteiger partial charge in [-0.15, -0.1) is 0 Å². The Morgan fingerprint density at radius 2 is 1.95 bits per heavy atom. The van der Waals surface area contributed by atoms with E-state index in [1.807, 2.05) is 0 Å². The number of benzene rings is 2. The van der Waals surface area contributed by atoms with Crippen LogP contribution in [-0.2, 0) is 0 Å². The summed E-state index contributed by atoms with van der Waals surface area (Å²) >= 11 is 0. The number of halogens is 2. The van der Waals surface area contributed by atoms with Gasteiger partial charge in [-0.25, -0.2) is 8.78 Å². The first-order chi connectivity index (χ1) is 9.06. The molecule has 1 atom stereocenters. The Balaban J connectivity index is 2.01. The summed E-state index contributed by atoms with van der Waals surface area (Å²) in [4.78, 5) is 0. The van der Waals surface area contributed by atoms with Crippen molar-refractivity contribution in [1.82, 2.24) is 0 Å². The number of nitrogens with one attached hydrogen (secondary N) is 1. The Morgan fingerprint density at radius 3 is 2.63 bits per heavy atom. The van der Waals surface area contributed by atoms with Gasteiger partial charge in [-0.05, 0) is 35.9 Å². The first kappa shape index (κ1) is 13.3. The number of aliphatic hydroxyl groups excluding tert-OH is 1. The van der Waals surface area contributed by atoms with E-state index in [1.165, 1.54) is 30.3 Å². The second-order valence-electron chi connectivity index (χ2n) is 4.19. The fourth-order valence-electron chi connectivity index (χ4n) is 1.70. The van der Waals surface area contributed by atoms with E-state index in [0.29, 0.717) is 11.3 Å². The van der Waals surface area contributed by atoms with Crippen molar-refractivity contribution < 1.29 is 13.9 Å². The zero-order valence-corrected chi connectivity index (χ0v) is 10.1. The summed E-state index contributed by atoms with van der Waals surface area (Å²) in [5.41, 5.74) is 6.48. The SMILES string of the molecule is Nc1cc(C(O)CNc2cccc(F)c2)ccc1F. The highest BCUT2D eigenvalue weighted by Crippen LogP contribution is 2.19. The standard InChI is InChI=1S/C14H14F2N2O/c15-10-2-1-3-11(7-10)18-8-14(19)9-4-5-12(16)13(17)6-9/h1-7,14,18-19H,8,17H2. The Hall–Kier alpha value is -2.14. The molecule has 0 aliphatic rings. The average Bonchev–Trinajstić information content (AvgIpc) is 2.39. The molecule has 0 heterocycles. The summed E-state index contributed by atoms with van der Waals surface area (Å²) in [6.45, 7) is 0.175. The molecule has 1 unspecified atom stereocenters. The molecule has 0 aliphatic heterocycles. The lowest BCUT2D eigenvalue weighted by molar-refractivity contribution is 0.191. The molecule has 0 saturated carbocycles. The van der Waals surface area contributed by atoms with Crippen LogP contribution in [0.15, 0.2) is 42.5 Å². The van der Waals surface area contributed by atoms with Crippen molar-refractivity contribution in [2.24, 2.45) is 0 Å². The van der Waals surface area contributed by atoms with Crippen LogP contribution in [0.1, 0.15) is 11.7 Å². The van der Waals surface area contributed by atoms with Crippen molar-refractivity contribution in [2.45, 2.75) is 6.10 Å². The highest BCUT2D eigenvalue weighted by molar-refractivity contribution is 5.45. The predicted molar refractivity (Wildman–Crippen MR) is 70.7 cm³/mol. The second-order valence-corrected chi connectivity index (χ2v) is 4.19. The first-order valence-corrected chi connectivity index (χ1v) is 5.78. The smallest absolute Gasteiger partial charge is 0.146 e. The molecule has 0 saturated heterocycles. The topological polar surface area (TPSA) is 58.3 Å². The van der Waals surface area contributed by atoms with Crippen molar-refractivity contribution in [3.63, 3.8) is 0 Å². The van der Waals surface area contributed by atoms with Crippen molar-refractivity contribution >= 4 is 11.4 Å². The first-order valence-electron chi connectivity index (χ1n) is 5.78. The van der Waals surface area contributed by atoms with Crippen LogP contribution < -0.4 is 11.1 Å². The maximum absolute atomic E-state index is 13.0. The number of nitrogen functional groups attached to an aromatic ring is 1. The number of hydrogen-bond donors (Lipinski definition) is 3. The van der Waals surface area contributed by atoms with E-state index in [4.69, 9.17) is 5.73 Å². The lowest BCUT2D eigenvalue weighted by atomic mass is 10.1. The summed E-state index contributed by atoms with van der Waals surface area (Å²) in [6.07, 6.45) is -0.855. The van der Waals surface area contributed by atoms with E-state index in [9.17, 15) is 13.9 Å². The monoisotopic (exact) mass is 264 g/mol. The summed E-state index contributed by atoms with van der Waals surface area (Å²) in [6, 6.07) is 9.97. The van der Waals surface area contributed by atoms with Crippen LogP contribution in [0.5, 0.6) is 0 Å². The van der Waals surface area contributed by atoms with Crippen LogP contribution in [0.4, 0.5) is 20.2 Å². The van der Waals surface area contributed by atoms with Gasteiger partial charge in [0, 0.05) is 12.2 Å². The molecule has 0 radical (unpaired) electrons. The predicted octanol–water partition coefficient (Wildman–Crippen LogP) is 2.69. The number of nitrogens with two attached hydrogens (primary N) is 1. The molecule has 0 bridgehead atoms. The second kappa shape index (κ2) is 5.67. The fraction of sp³-hybridized carbons (Fsp3) is 0.143. The molecule has 0 aliphatic carbocycles. The third-order valence-corrected chi connectivity index (χ3v) is 2.73. The molecule has 100 valence electrons. The quantitative estimate of drug-likeness (QED) is 0.744. The molecule has 0 aromatic heterocycles. The van der Waals surface area contributed by atoms with E-state index in [2.05, 4.69) is 5.32 Å². The molecule has 19 heavy (non-hydrogen) atoms. The number of aliphatic hydroxyl groups is 1. The van der Waals surface area contributed by atoms with Crippen molar-refractivity contribution in [1.29, 1.82) is 0 Å². The summed E-state index contributed by atoms with van der Waals surface area (Å²) in [7, 11) is 0. The summed E-state index contributed by atoms with van der Waals surface area (Å²) < 4.78 is 25.9. The number of hydrogen-bond acceptors (Lipinski definition) is 3. The lowest BCUT2D eigenvalue weighted by Gasteiger charge is -2.14. The average molecular weight is 264 g/mol. The van der Waals surface area contributed by atoms with Gasteiger partial charge >= 0.3 is 0 Å². The van der Waals surface area contributed by atoms with Crippen LogP contribution in [0, 0.1) is 11.6 Å². The van der Waals surface area contributed by atoms with Crippen molar-refractivity contribution in [3.8, 4) is 0 Å². The van der Waals surface area contributed by atoms with Gasteiger partial charge in [0.15, 0.2) is 0 Å². The molecule has 2 rings (SSSR count). The van der Waals surface area contributed by atoms with Crippen LogP contribution in [0.25, 0.3) is 0 Å². The number of anilines is 2. The maximum atomic E-state index is 13.0. The zero-order valence-electron chi connectivity index (χ0n) is 10.1. The fourth-order valence-corrected chi connectivity index (χ4v) is 1.70. The third kappa shape index (κ3) is 3.42. The van der Waals surface area contributed by atoms with Gasteiger partial charge < -0.3 is 16.2 Å². The van der Waals surface area contributed by atoms with Crippen LogP contribution in [-0.4, -0.2) is 11.7 Å². The molecule has 3 nitrogen and oxygen atoms in total. The molecule has 0 amide bonds. The van der Waals surface area contributed by atoms with Crippen LogP contribution in [0.3, 0.4) is 0 Å². The minimum Gasteiger partial charge on any atom is -0.396 e.